The van der Waals surface area contributed by atoms with E-state index in [2.05, 4.69) is 62.2 Å². The summed E-state index contributed by atoms with van der Waals surface area (Å²) in [7, 11) is 0. The van der Waals surface area contributed by atoms with Crippen LogP contribution in [0.5, 0.6) is 0 Å². The summed E-state index contributed by atoms with van der Waals surface area (Å²) in [5.74, 6) is -0.132. The van der Waals surface area contributed by atoms with Gasteiger partial charge in [0.2, 0.25) is 5.91 Å². The fraction of sp³-hybridized carbons (Fsp3) is 0.357. The standard InChI is InChI=1S/C28H34N4O2S/c33-27(13-5-11-26-12-6-20-35-26)30-25-10-4-9-24(21-25)28(34)29-14-15-31-16-18-32(19-17-31)22-23-7-2-1-3-8-23/h1-4,6-10,12,20-21H,5,11,13-19,22H2,(H,29,34)(H,30,33). The first-order valence-corrected chi connectivity index (χ1v) is 13.2. The van der Waals surface area contributed by atoms with Crippen LogP contribution < -0.4 is 10.6 Å². The average molecular weight is 491 g/mol. The van der Waals surface area contributed by atoms with Crippen LogP contribution in [0.3, 0.4) is 0 Å². The fourth-order valence-corrected chi connectivity index (χ4v) is 5.03. The molecule has 0 spiro atoms. The van der Waals surface area contributed by atoms with E-state index < -0.39 is 0 Å². The number of amides is 2. The van der Waals surface area contributed by atoms with Crippen LogP contribution in [0.15, 0.2) is 72.1 Å². The normalized spacial score (nSPS) is 14.5. The summed E-state index contributed by atoms with van der Waals surface area (Å²) < 4.78 is 0. The van der Waals surface area contributed by atoms with Gasteiger partial charge in [-0.1, -0.05) is 42.5 Å². The van der Waals surface area contributed by atoms with Crippen molar-refractivity contribution in [3.63, 3.8) is 0 Å². The van der Waals surface area contributed by atoms with Crippen molar-refractivity contribution in [1.82, 2.24) is 15.1 Å². The average Bonchev–Trinajstić information content (AvgIpc) is 3.39. The Balaban J connectivity index is 1.14. The maximum Gasteiger partial charge on any atom is 0.251 e. The maximum absolute atomic E-state index is 12.6. The van der Waals surface area contributed by atoms with Gasteiger partial charge in [-0.15, -0.1) is 11.3 Å². The number of hydrogen-bond acceptors (Lipinski definition) is 5. The summed E-state index contributed by atoms with van der Waals surface area (Å²) in [5, 5.41) is 7.99. The van der Waals surface area contributed by atoms with Crippen molar-refractivity contribution in [3.05, 3.63) is 88.1 Å². The number of anilines is 1. The zero-order valence-corrected chi connectivity index (χ0v) is 20.9. The molecule has 1 saturated heterocycles. The Morgan fingerprint density at radius 1 is 0.886 bits per heavy atom. The molecule has 3 aromatic rings. The molecule has 2 aromatic carbocycles. The molecule has 2 N–H and O–H groups in total. The van der Waals surface area contributed by atoms with E-state index in [1.165, 1.54) is 10.4 Å². The number of nitrogens with zero attached hydrogens (tertiary/aromatic N) is 2. The highest BCUT2D eigenvalue weighted by Gasteiger charge is 2.17. The highest BCUT2D eigenvalue weighted by molar-refractivity contribution is 7.09. The van der Waals surface area contributed by atoms with Crippen LogP contribution in [0.1, 0.15) is 33.6 Å². The molecule has 0 aliphatic carbocycles. The molecule has 7 heteroatoms. The van der Waals surface area contributed by atoms with Gasteiger partial charge in [0.15, 0.2) is 0 Å². The molecule has 1 fully saturated rings. The first-order valence-electron chi connectivity index (χ1n) is 12.3. The van der Waals surface area contributed by atoms with Gasteiger partial charge in [-0.25, -0.2) is 0 Å². The largest absolute Gasteiger partial charge is 0.351 e. The van der Waals surface area contributed by atoms with Crippen molar-refractivity contribution in [2.75, 3.05) is 44.6 Å². The van der Waals surface area contributed by atoms with E-state index in [1.54, 1.807) is 23.5 Å². The fourth-order valence-electron chi connectivity index (χ4n) is 4.28. The molecule has 35 heavy (non-hydrogen) atoms. The van der Waals surface area contributed by atoms with Crippen LogP contribution in [0.2, 0.25) is 0 Å². The maximum atomic E-state index is 12.6. The highest BCUT2D eigenvalue weighted by Crippen LogP contribution is 2.14. The predicted molar refractivity (Wildman–Crippen MR) is 143 cm³/mol. The van der Waals surface area contributed by atoms with Crippen LogP contribution in [0.25, 0.3) is 0 Å². The Hall–Kier alpha value is -3.00. The summed E-state index contributed by atoms with van der Waals surface area (Å²) >= 11 is 1.72. The van der Waals surface area contributed by atoms with Gasteiger partial charge in [0.05, 0.1) is 0 Å². The molecule has 2 heterocycles. The van der Waals surface area contributed by atoms with Gasteiger partial charge in [-0.05, 0) is 48.1 Å². The van der Waals surface area contributed by atoms with Crippen molar-refractivity contribution >= 4 is 28.8 Å². The number of nitrogens with one attached hydrogen (secondary N) is 2. The van der Waals surface area contributed by atoms with E-state index >= 15 is 0 Å². The molecule has 0 atom stereocenters. The van der Waals surface area contributed by atoms with E-state index in [9.17, 15) is 9.59 Å². The number of aryl methyl sites for hydroxylation is 1. The number of thiophene rings is 1. The monoisotopic (exact) mass is 490 g/mol. The molecule has 4 rings (SSSR count). The van der Waals surface area contributed by atoms with Crippen molar-refractivity contribution in [2.24, 2.45) is 0 Å². The SMILES string of the molecule is O=C(CCCc1cccs1)Nc1cccc(C(=O)NCCN2CCN(Cc3ccccc3)CC2)c1. The quantitative estimate of drug-likeness (QED) is 0.422. The van der Waals surface area contributed by atoms with Crippen molar-refractivity contribution < 1.29 is 9.59 Å². The summed E-state index contributed by atoms with van der Waals surface area (Å²) in [6.07, 6.45) is 2.19. The molecule has 2 amide bonds. The molecule has 1 aliphatic heterocycles. The molecule has 1 aromatic heterocycles. The summed E-state index contributed by atoms with van der Waals surface area (Å²) in [6, 6.07) is 21.9. The molecular weight excluding hydrogens is 456 g/mol. The van der Waals surface area contributed by atoms with E-state index in [4.69, 9.17) is 0 Å². The lowest BCUT2D eigenvalue weighted by atomic mass is 10.1. The summed E-state index contributed by atoms with van der Waals surface area (Å²) in [6.45, 7) is 6.54. The molecule has 0 unspecified atom stereocenters. The van der Waals surface area contributed by atoms with Crippen molar-refractivity contribution in [2.45, 2.75) is 25.8 Å². The molecule has 6 nitrogen and oxygen atoms in total. The molecule has 0 radical (unpaired) electrons. The highest BCUT2D eigenvalue weighted by atomic mass is 32.1. The number of hydrogen-bond donors (Lipinski definition) is 2. The summed E-state index contributed by atoms with van der Waals surface area (Å²) in [5.41, 5.74) is 2.58. The van der Waals surface area contributed by atoms with Gasteiger partial charge in [0.25, 0.3) is 5.91 Å². The smallest absolute Gasteiger partial charge is 0.251 e. The van der Waals surface area contributed by atoms with Gasteiger partial charge in [0.1, 0.15) is 0 Å². The van der Waals surface area contributed by atoms with Crippen LogP contribution in [0, 0.1) is 0 Å². The Kier molecular flexibility index (Phi) is 9.46. The van der Waals surface area contributed by atoms with Crippen LogP contribution in [-0.2, 0) is 17.8 Å². The minimum absolute atomic E-state index is 0.0227. The topological polar surface area (TPSA) is 64.7 Å². The van der Waals surface area contributed by atoms with Crippen molar-refractivity contribution in [1.29, 1.82) is 0 Å². The second-order valence-electron chi connectivity index (χ2n) is 8.92. The first kappa shape index (κ1) is 25.1. The molecule has 184 valence electrons. The Bertz CT molecular complexity index is 1060. The Labute approximate surface area is 212 Å². The number of rotatable bonds is 11. The van der Waals surface area contributed by atoms with Gasteiger partial charge >= 0.3 is 0 Å². The van der Waals surface area contributed by atoms with E-state index in [0.29, 0.717) is 24.2 Å². The third-order valence-electron chi connectivity index (χ3n) is 6.24. The predicted octanol–water partition coefficient (Wildman–Crippen LogP) is 4.26. The lowest BCUT2D eigenvalue weighted by Gasteiger charge is -2.34. The third-order valence-corrected chi connectivity index (χ3v) is 7.18. The first-order chi connectivity index (χ1) is 17.2. The number of piperazine rings is 1. The Morgan fingerprint density at radius 3 is 2.46 bits per heavy atom. The van der Waals surface area contributed by atoms with E-state index in [-0.39, 0.29) is 11.8 Å². The van der Waals surface area contributed by atoms with Gasteiger partial charge in [-0.3, -0.25) is 19.4 Å². The third kappa shape index (κ3) is 8.31. The lowest BCUT2D eigenvalue weighted by Crippen LogP contribution is -2.48. The zero-order chi connectivity index (χ0) is 24.3. The van der Waals surface area contributed by atoms with Gasteiger partial charge < -0.3 is 10.6 Å². The minimum Gasteiger partial charge on any atom is -0.351 e. The number of benzene rings is 2. The van der Waals surface area contributed by atoms with Crippen LogP contribution >= 0.6 is 11.3 Å². The van der Waals surface area contributed by atoms with Crippen LogP contribution in [-0.4, -0.2) is 60.9 Å². The summed E-state index contributed by atoms with van der Waals surface area (Å²) in [4.78, 5) is 31.1. The molecular formula is C28H34N4O2S. The minimum atomic E-state index is -0.110. The lowest BCUT2D eigenvalue weighted by molar-refractivity contribution is -0.116. The second kappa shape index (κ2) is 13.2. The van der Waals surface area contributed by atoms with E-state index in [1.807, 2.05) is 18.2 Å². The number of carbonyl (C=O) groups excluding carboxylic acids is 2. The zero-order valence-electron chi connectivity index (χ0n) is 20.1. The molecule has 1 aliphatic rings. The second-order valence-corrected chi connectivity index (χ2v) is 9.95. The van der Waals surface area contributed by atoms with Crippen LogP contribution in [0.4, 0.5) is 5.69 Å². The van der Waals surface area contributed by atoms with Crippen molar-refractivity contribution in [3.8, 4) is 0 Å². The Morgan fingerprint density at radius 2 is 1.69 bits per heavy atom. The number of carbonyl (C=O) groups is 2. The molecule has 0 saturated carbocycles. The van der Waals surface area contributed by atoms with Gasteiger partial charge in [-0.2, -0.15) is 0 Å². The molecule has 0 bridgehead atoms. The van der Waals surface area contributed by atoms with Gasteiger partial charge in [0, 0.05) is 68.4 Å². The van der Waals surface area contributed by atoms with E-state index in [0.717, 1.165) is 52.1 Å².